The van der Waals surface area contributed by atoms with Gasteiger partial charge in [-0.2, -0.15) is 14.4 Å². The van der Waals surface area contributed by atoms with Crippen molar-refractivity contribution in [2.45, 2.75) is 11.4 Å². The molecule has 0 spiro atoms. The highest BCUT2D eigenvalue weighted by Crippen LogP contribution is 2.32. The van der Waals surface area contributed by atoms with Crippen LogP contribution < -0.4 is 15.2 Å². The molecule has 0 aliphatic heterocycles. The number of carbonyl (C=O) groups excluding carboxylic acids is 1. The first kappa shape index (κ1) is 29.9. The number of hydrogen-bond acceptors (Lipinski definition) is 9. The quantitative estimate of drug-likeness (QED) is 0.142. The minimum Gasteiger partial charge on any atom is -0.497 e. The Hall–Kier alpha value is -5.17. The summed E-state index contributed by atoms with van der Waals surface area (Å²) in [6.07, 6.45) is 2.53. The Bertz CT molecular complexity index is 2210. The third-order valence-electron chi connectivity index (χ3n) is 7.03. The van der Waals surface area contributed by atoms with Crippen LogP contribution in [-0.2, 0) is 16.6 Å². The summed E-state index contributed by atoms with van der Waals surface area (Å²) in [4.78, 5) is 31.6. The number of sulfonamides is 1. The van der Waals surface area contributed by atoms with Crippen molar-refractivity contribution in [3.05, 3.63) is 130 Å². The monoisotopic (exact) mass is 638 g/mol. The molecule has 0 unspecified atom stereocenters. The molecular weight excluding hydrogens is 613 g/mol. The molecule has 4 aromatic carbocycles. The van der Waals surface area contributed by atoms with Gasteiger partial charge in [-0.05, 0) is 60.2 Å². The Kier molecular flexibility index (Phi) is 8.26. The molecule has 0 N–H and O–H groups in total. The molecule has 6 rings (SSSR count). The molecule has 226 valence electrons. The van der Waals surface area contributed by atoms with E-state index in [2.05, 4.69) is 10.1 Å². The highest BCUT2D eigenvalue weighted by atomic mass is 32.2. The SMILES string of the molecule is COc1ccc2nc(N(/N=C/c3coc4ccccc4c3=O)C(=O)c3ccc(S(=O)(=O)N(C)Cc4ccccc4)cc3)sc2c1. The third kappa shape index (κ3) is 6.11. The highest BCUT2D eigenvalue weighted by Gasteiger charge is 2.25. The first-order valence-corrected chi connectivity index (χ1v) is 15.9. The van der Waals surface area contributed by atoms with Crippen LogP contribution in [0.3, 0.4) is 0 Å². The maximum absolute atomic E-state index is 13.9. The molecule has 10 nitrogen and oxygen atoms in total. The molecule has 2 heterocycles. The summed E-state index contributed by atoms with van der Waals surface area (Å²) >= 11 is 1.21. The van der Waals surface area contributed by atoms with Gasteiger partial charge in [0.15, 0.2) is 0 Å². The lowest BCUT2D eigenvalue weighted by Gasteiger charge is -2.18. The molecular formula is C33H26N4O6S2. The van der Waals surface area contributed by atoms with E-state index in [0.717, 1.165) is 15.3 Å². The van der Waals surface area contributed by atoms with Crippen LogP contribution in [0.25, 0.3) is 21.2 Å². The van der Waals surface area contributed by atoms with E-state index in [0.29, 0.717) is 22.2 Å². The maximum atomic E-state index is 13.9. The number of thiazole rings is 1. The molecule has 0 fully saturated rings. The average molecular weight is 639 g/mol. The smallest absolute Gasteiger partial charge is 0.280 e. The summed E-state index contributed by atoms with van der Waals surface area (Å²) < 4.78 is 39.4. The summed E-state index contributed by atoms with van der Waals surface area (Å²) in [5.74, 6) is 0.0471. The number of ether oxygens (including phenoxy) is 1. The molecule has 0 bridgehead atoms. The maximum Gasteiger partial charge on any atom is 0.280 e. The Balaban J connectivity index is 1.34. The summed E-state index contributed by atoms with van der Waals surface area (Å²) in [6.45, 7) is 0.192. The van der Waals surface area contributed by atoms with Crippen LogP contribution in [-0.4, -0.2) is 44.0 Å². The van der Waals surface area contributed by atoms with Gasteiger partial charge in [0.1, 0.15) is 17.6 Å². The van der Waals surface area contributed by atoms with Gasteiger partial charge in [0.05, 0.1) is 39.4 Å². The van der Waals surface area contributed by atoms with Crippen LogP contribution >= 0.6 is 11.3 Å². The normalized spacial score (nSPS) is 11.9. The van der Waals surface area contributed by atoms with Crippen LogP contribution in [0.4, 0.5) is 5.13 Å². The zero-order valence-electron chi connectivity index (χ0n) is 24.2. The Labute approximate surface area is 262 Å². The van der Waals surface area contributed by atoms with E-state index in [1.54, 1.807) is 49.6 Å². The van der Waals surface area contributed by atoms with Gasteiger partial charge in [0.2, 0.25) is 20.6 Å². The Morgan fingerprint density at radius 3 is 2.49 bits per heavy atom. The Morgan fingerprint density at radius 2 is 1.73 bits per heavy atom. The fourth-order valence-electron chi connectivity index (χ4n) is 4.60. The number of nitrogens with zero attached hydrogens (tertiary/aromatic N) is 4. The topological polar surface area (TPSA) is 122 Å². The number of anilines is 1. The molecule has 0 aliphatic rings. The molecule has 45 heavy (non-hydrogen) atoms. The van der Waals surface area contributed by atoms with Crippen molar-refractivity contribution in [3.8, 4) is 5.75 Å². The standard InChI is InChI=1S/C33H26N4O6S2/c1-36(20-22-8-4-3-5-9-22)45(40,41)26-15-12-23(13-16-26)32(39)37(33-35-28-17-14-25(42-2)18-30(28)44-33)34-19-24-21-43-29-11-7-6-10-27(29)31(24)38/h3-19,21H,20H2,1-2H3/b34-19+. The van der Waals surface area contributed by atoms with Crippen LogP contribution in [0.1, 0.15) is 21.5 Å². The van der Waals surface area contributed by atoms with E-state index < -0.39 is 15.9 Å². The van der Waals surface area contributed by atoms with E-state index >= 15 is 0 Å². The molecule has 6 aromatic rings. The van der Waals surface area contributed by atoms with Crippen molar-refractivity contribution in [2.75, 3.05) is 19.2 Å². The number of para-hydroxylation sites is 1. The molecule has 12 heteroatoms. The number of hydrogen-bond donors (Lipinski definition) is 0. The Morgan fingerprint density at radius 1 is 1.00 bits per heavy atom. The lowest BCUT2D eigenvalue weighted by molar-refractivity contribution is 0.0987. The predicted octanol–water partition coefficient (Wildman–Crippen LogP) is 5.91. The minimum atomic E-state index is -3.83. The van der Waals surface area contributed by atoms with Gasteiger partial charge in [-0.25, -0.2) is 13.4 Å². The first-order valence-electron chi connectivity index (χ1n) is 13.7. The largest absolute Gasteiger partial charge is 0.497 e. The number of fused-ring (bicyclic) bond motifs is 2. The van der Waals surface area contributed by atoms with Crippen molar-refractivity contribution < 1.29 is 22.4 Å². The second-order valence-electron chi connectivity index (χ2n) is 9.98. The number of methoxy groups -OCH3 is 1. The zero-order chi connectivity index (χ0) is 31.6. The number of aromatic nitrogens is 1. The van der Waals surface area contributed by atoms with E-state index in [-0.39, 0.29) is 33.1 Å². The summed E-state index contributed by atoms with van der Waals surface area (Å²) in [7, 11) is -0.773. The third-order valence-corrected chi connectivity index (χ3v) is 9.85. The lowest BCUT2D eigenvalue weighted by Crippen LogP contribution is -2.27. The second-order valence-corrected chi connectivity index (χ2v) is 13.0. The average Bonchev–Trinajstić information content (AvgIpc) is 3.49. The van der Waals surface area contributed by atoms with Gasteiger partial charge < -0.3 is 9.15 Å². The summed E-state index contributed by atoms with van der Waals surface area (Å²) in [5.41, 5.74) is 1.89. The molecule has 0 atom stereocenters. The van der Waals surface area contributed by atoms with Crippen molar-refractivity contribution in [3.63, 3.8) is 0 Å². The summed E-state index contributed by atoms with van der Waals surface area (Å²) in [6, 6.07) is 27.0. The van der Waals surface area contributed by atoms with Gasteiger partial charge in [0.25, 0.3) is 5.91 Å². The van der Waals surface area contributed by atoms with Gasteiger partial charge in [-0.1, -0.05) is 53.8 Å². The lowest BCUT2D eigenvalue weighted by atomic mass is 10.2. The van der Waals surface area contributed by atoms with Crippen molar-refractivity contribution in [1.82, 2.24) is 9.29 Å². The molecule has 0 saturated heterocycles. The van der Waals surface area contributed by atoms with Crippen molar-refractivity contribution >= 4 is 59.8 Å². The zero-order valence-corrected chi connectivity index (χ0v) is 25.8. The van der Waals surface area contributed by atoms with Crippen LogP contribution in [0.15, 0.2) is 123 Å². The number of benzene rings is 4. The molecule has 1 amide bonds. The van der Waals surface area contributed by atoms with E-state index in [9.17, 15) is 18.0 Å². The highest BCUT2D eigenvalue weighted by molar-refractivity contribution is 7.89. The second kappa shape index (κ2) is 12.4. The van der Waals surface area contributed by atoms with Gasteiger partial charge >= 0.3 is 0 Å². The molecule has 2 aromatic heterocycles. The molecule has 0 radical (unpaired) electrons. The minimum absolute atomic E-state index is 0.0355. The number of rotatable bonds is 9. The number of hydrazone groups is 1. The molecule has 0 saturated carbocycles. The van der Waals surface area contributed by atoms with Crippen LogP contribution in [0, 0.1) is 0 Å². The first-order chi connectivity index (χ1) is 21.7. The molecule has 0 aliphatic carbocycles. The predicted molar refractivity (Wildman–Crippen MR) is 175 cm³/mol. The van der Waals surface area contributed by atoms with E-state index in [4.69, 9.17) is 9.15 Å². The van der Waals surface area contributed by atoms with Crippen molar-refractivity contribution in [2.24, 2.45) is 5.10 Å². The van der Waals surface area contributed by atoms with Crippen molar-refractivity contribution in [1.29, 1.82) is 0 Å². The van der Waals surface area contributed by atoms with Crippen LogP contribution in [0.5, 0.6) is 5.75 Å². The fourth-order valence-corrected chi connectivity index (χ4v) is 6.71. The van der Waals surface area contributed by atoms with Crippen LogP contribution in [0.2, 0.25) is 0 Å². The fraction of sp³-hybridized carbons (Fsp3) is 0.0909. The number of carbonyl (C=O) groups is 1. The number of amides is 1. The van der Waals surface area contributed by atoms with Gasteiger partial charge in [-0.3, -0.25) is 9.59 Å². The van der Waals surface area contributed by atoms with E-state index in [1.165, 1.54) is 59.4 Å². The summed E-state index contributed by atoms with van der Waals surface area (Å²) in [5, 5.41) is 6.08. The van der Waals surface area contributed by atoms with Gasteiger partial charge in [-0.15, -0.1) is 0 Å². The van der Waals surface area contributed by atoms with E-state index in [1.807, 2.05) is 30.3 Å². The van der Waals surface area contributed by atoms with Gasteiger partial charge in [0, 0.05) is 19.2 Å².